The number of esters is 2. The first kappa shape index (κ1) is 46.9. The second kappa shape index (κ2) is 23.6. The van der Waals surface area contributed by atoms with Gasteiger partial charge in [-0.1, -0.05) is 60.2 Å². The molecule has 0 radical (unpaired) electrons. The molecular weight excluding hydrogens is 748 g/mol. The molecule has 4 N–H and O–H groups in total. The molecular formula is C36H48N10O11. The Morgan fingerprint density at radius 1 is 0.772 bits per heavy atom. The van der Waals surface area contributed by atoms with Crippen LogP contribution in [0.4, 0.5) is 11.4 Å². The SMILES string of the molecule is COC(=O)C(Cc1ccc([N+](=O)[O-])cc1)NC(=O)C1(CCN=[N+]=[N-])CCCC1.COC(=O)C(N)Cc1ccc([N+](=O)[O-])cc1.[N-]=[N+]=NCCC1(C(=O)O)CCCC1. The van der Waals surface area contributed by atoms with E-state index in [0.29, 0.717) is 44.2 Å². The van der Waals surface area contributed by atoms with Crippen LogP contribution in [0.5, 0.6) is 0 Å². The Bertz CT molecular complexity index is 1780. The number of carboxylic acid groups (broad SMARTS) is 1. The number of non-ortho nitro benzene ring substituents is 2. The average Bonchev–Trinajstić information content (AvgIpc) is 3.90. The topological polar surface area (TPSA) is 329 Å². The van der Waals surface area contributed by atoms with E-state index in [1.165, 1.54) is 38.5 Å². The van der Waals surface area contributed by atoms with E-state index in [1.807, 2.05) is 0 Å². The van der Waals surface area contributed by atoms with E-state index in [2.05, 4.69) is 30.1 Å². The molecule has 21 nitrogen and oxygen atoms in total. The minimum absolute atomic E-state index is 0.00962. The van der Waals surface area contributed by atoms with Crippen LogP contribution in [0.3, 0.4) is 0 Å². The van der Waals surface area contributed by atoms with E-state index in [-0.39, 0.29) is 30.2 Å². The summed E-state index contributed by atoms with van der Waals surface area (Å²) in [7, 11) is 2.50. The van der Waals surface area contributed by atoms with Crippen LogP contribution in [0.25, 0.3) is 20.9 Å². The molecule has 1 amide bonds. The van der Waals surface area contributed by atoms with Gasteiger partial charge in [-0.05, 0) is 67.1 Å². The number of carboxylic acids is 1. The van der Waals surface area contributed by atoms with E-state index < -0.39 is 50.7 Å². The van der Waals surface area contributed by atoms with Gasteiger partial charge in [0.15, 0.2) is 0 Å². The van der Waals surface area contributed by atoms with Crippen LogP contribution in [0.2, 0.25) is 0 Å². The second-order valence-electron chi connectivity index (χ2n) is 13.6. The smallest absolute Gasteiger partial charge is 0.328 e. The number of carbonyl (C=O) groups is 4. The van der Waals surface area contributed by atoms with Gasteiger partial charge in [0.1, 0.15) is 12.1 Å². The molecule has 21 heteroatoms. The summed E-state index contributed by atoms with van der Waals surface area (Å²) in [6.07, 6.45) is 7.90. The Morgan fingerprint density at radius 3 is 1.56 bits per heavy atom. The number of aliphatic carboxylic acids is 1. The van der Waals surface area contributed by atoms with Crippen molar-refractivity contribution in [3.05, 3.63) is 101 Å². The third kappa shape index (κ3) is 14.7. The number of carbonyl (C=O) groups excluding carboxylic acids is 3. The fourth-order valence-corrected chi connectivity index (χ4v) is 6.76. The standard InChI is InChI=1S/C18H23N5O5.C10H12N2O4.C8H13N3O2/c1-28-16(24)15(12-13-4-6-14(7-5-13)23(26)27)21-17(25)18(8-2-3-9-18)10-11-20-22-19;1-16-10(13)9(11)6-7-2-4-8(5-3-7)12(14)15;9-11-10-6-5-8(7(12)13)3-1-2-4-8/h4-7,15H,2-3,8-12H2,1H3,(H,21,25);2-5,9H,6,11H2,1H3;1-6H2,(H,12,13). The first-order chi connectivity index (χ1) is 27.2. The maximum atomic E-state index is 13.0. The number of hydrogen-bond acceptors (Lipinski definition) is 13. The van der Waals surface area contributed by atoms with Gasteiger partial charge in [0.2, 0.25) is 5.91 Å². The predicted octanol–water partition coefficient (Wildman–Crippen LogP) is 6.03. The Balaban J connectivity index is 0.000000326. The summed E-state index contributed by atoms with van der Waals surface area (Å²) in [4.78, 5) is 72.7. The molecule has 4 rings (SSSR count). The first-order valence-electron chi connectivity index (χ1n) is 18.1. The highest BCUT2D eigenvalue weighted by Gasteiger charge is 2.42. The number of methoxy groups -OCH3 is 2. The Kier molecular flexibility index (Phi) is 19.4. The highest BCUT2D eigenvalue weighted by molar-refractivity contribution is 5.88. The zero-order chi connectivity index (χ0) is 42.4. The molecule has 2 atom stereocenters. The highest BCUT2D eigenvalue weighted by Crippen LogP contribution is 2.42. The Morgan fingerprint density at radius 2 is 1.18 bits per heavy atom. The van der Waals surface area contributed by atoms with Crippen LogP contribution in [0.15, 0.2) is 58.8 Å². The molecule has 0 aliphatic heterocycles. The van der Waals surface area contributed by atoms with Crippen molar-refractivity contribution in [2.75, 3.05) is 27.3 Å². The molecule has 0 saturated heterocycles. The van der Waals surface area contributed by atoms with Crippen LogP contribution in [-0.4, -0.2) is 78.2 Å². The summed E-state index contributed by atoms with van der Waals surface area (Å²) in [5.74, 6) is -2.08. The quantitative estimate of drug-likeness (QED) is 0.0413. The van der Waals surface area contributed by atoms with Crippen LogP contribution in [-0.2, 0) is 41.5 Å². The number of hydrogen-bond donors (Lipinski definition) is 3. The van der Waals surface area contributed by atoms with Crippen molar-refractivity contribution in [1.29, 1.82) is 0 Å². The number of rotatable bonds is 17. The van der Waals surface area contributed by atoms with E-state index in [4.69, 9.17) is 26.6 Å². The zero-order valence-electron chi connectivity index (χ0n) is 31.9. The Labute approximate surface area is 327 Å². The molecule has 0 spiro atoms. The minimum Gasteiger partial charge on any atom is -0.481 e. The lowest BCUT2D eigenvalue weighted by atomic mass is 9.81. The summed E-state index contributed by atoms with van der Waals surface area (Å²) in [5, 5.41) is 39.9. The van der Waals surface area contributed by atoms with E-state index >= 15 is 0 Å². The number of ether oxygens (including phenoxy) is 2. The second-order valence-corrected chi connectivity index (χ2v) is 13.6. The summed E-state index contributed by atoms with van der Waals surface area (Å²) in [6, 6.07) is 10.0. The molecule has 2 fully saturated rings. The average molecular weight is 797 g/mol. The molecule has 57 heavy (non-hydrogen) atoms. The molecule has 0 bridgehead atoms. The van der Waals surface area contributed by atoms with Crippen molar-refractivity contribution in [2.24, 2.45) is 26.8 Å². The maximum Gasteiger partial charge on any atom is 0.328 e. The first-order valence-corrected chi connectivity index (χ1v) is 18.1. The molecule has 2 aliphatic carbocycles. The Hall–Kier alpha value is -6.30. The van der Waals surface area contributed by atoms with Gasteiger partial charge in [-0.25, -0.2) is 4.79 Å². The van der Waals surface area contributed by atoms with Crippen LogP contribution in [0.1, 0.15) is 75.3 Å². The number of nitro benzene ring substituents is 2. The molecule has 0 aromatic heterocycles. The van der Waals surface area contributed by atoms with Gasteiger partial charge in [0.25, 0.3) is 11.4 Å². The maximum absolute atomic E-state index is 13.0. The molecule has 2 saturated carbocycles. The van der Waals surface area contributed by atoms with Gasteiger partial charge >= 0.3 is 17.9 Å². The number of nitrogens with one attached hydrogen (secondary N) is 1. The lowest BCUT2D eigenvalue weighted by molar-refractivity contribution is -0.385. The lowest BCUT2D eigenvalue weighted by Crippen LogP contribution is -2.49. The van der Waals surface area contributed by atoms with Gasteiger partial charge in [-0.3, -0.25) is 34.6 Å². The highest BCUT2D eigenvalue weighted by atomic mass is 16.6. The summed E-state index contributed by atoms with van der Waals surface area (Å²) in [5.41, 5.74) is 22.2. The van der Waals surface area contributed by atoms with Gasteiger partial charge < -0.3 is 25.6 Å². The number of nitrogens with zero attached hydrogens (tertiary/aromatic N) is 8. The molecule has 2 aromatic carbocycles. The van der Waals surface area contributed by atoms with Crippen molar-refractivity contribution < 1.29 is 43.6 Å². The third-order valence-corrected chi connectivity index (χ3v) is 10.0. The number of amides is 1. The van der Waals surface area contributed by atoms with Crippen LogP contribution >= 0.6 is 0 Å². The lowest BCUT2D eigenvalue weighted by Gasteiger charge is -2.29. The van der Waals surface area contributed by atoms with Crippen molar-refractivity contribution in [2.45, 2.75) is 89.1 Å². The summed E-state index contributed by atoms with van der Waals surface area (Å²) in [6.45, 7) is 0.512. The largest absolute Gasteiger partial charge is 0.481 e. The van der Waals surface area contributed by atoms with Crippen LogP contribution in [0, 0.1) is 31.1 Å². The summed E-state index contributed by atoms with van der Waals surface area (Å²) >= 11 is 0. The van der Waals surface area contributed by atoms with E-state index in [1.54, 1.807) is 24.3 Å². The van der Waals surface area contributed by atoms with Crippen molar-refractivity contribution in [3.63, 3.8) is 0 Å². The number of benzene rings is 2. The van der Waals surface area contributed by atoms with E-state index in [9.17, 15) is 39.4 Å². The molecule has 308 valence electrons. The zero-order valence-corrected chi connectivity index (χ0v) is 31.9. The predicted molar refractivity (Wildman–Crippen MR) is 204 cm³/mol. The van der Waals surface area contributed by atoms with Gasteiger partial charge in [0, 0.05) is 59.0 Å². The van der Waals surface area contributed by atoms with Gasteiger partial charge in [-0.15, -0.1) is 0 Å². The fourth-order valence-electron chi connectivity index (χ4n) is 6.76. The molecule has 0 heterocycles. The molecule has 2 unspecified atom stereocenters. The van der Waals surface area contributed by atoms with Crippen LogP contribution < -0.4 is 11.1 Å². The van der Waals surface area contributed by atoms with Crippen molar-refractivity contribution in [1.82, 2.24) is 5.32 Å². The van der Waals surface area contributed by atoms with Crippen molar-refractivity contribution >= 4 is 35.2 Å². The fraction of sp³-hybridized carbons (Fsp3) is 0.556. The third-order valence-electron chi connectivity index (χ3n) is 10.0. The van der Waals surface area contributed by atoms with E-state index in [0.717, 1.165) is 44.1 Å². The number of azide groups is 2. The molecule has 2 aliphatic rings. The normalized spacial score (nSPS) is 15.6. The van der Waals surface area contributed by atoms with Gasteiger partial charge in [-0.2, -0.15) is 0 Å². The number of nitro groups is 2. The van der Waals surface area contributed by atoms with Crippen molar-refractivity contribution in [3.8, 4) is 0 Å². The minimum atomic E-state index is -0.907. The van der Waals surface area contributed by atoms with Gasteiger partial charge in [0.05, 0.1) is 29.5 Å². The molecule has 2 aromatic rings. The summed E-state index contributed by atoms with van der Waals surface area (Å²) < 4.78 is 9.29. The monoisotopic (exact) mass is 796 g/mol. The number of nitrogens with two attached hydrogens (primary N) is 1.